The Bertz CT molecular complexity index is 407. The van der Waals surface area contributed by atoms with Gasteiger partial charge in [0.05, 0.1) is 12.6 Å². The molecule has 0 spiro atoms. The minimum atomic E-state index is -1.90. The highest BCUT2D eigenvalue weighted by atomic mass is 28.4. The highest BCUT2D eigenvalue weighted by molar-refractivity contribution is 6.77. The predicted molar refractivity (Wildman–Crippen MR) is 108 cm³/mol. The molecule has 0 N–H and O–H groups in total. The van der Waals surface area contributed by atoms with Crippen LogP contribution in [0.4, 0.5) is 4.79 Å². The van der Waals surface area contributed by atoms with E-state index in [1.54, 1.807) is 0 Å². The Balaban J connectivity index is 2.88. The normalized spacial score (nSPS) is 19.8. The molecule has 1 saturated heterocycles. The van der Waals surface area contributed by atoms with Gasteiger partial charge in [0.15, 0.2) is 8.32 Å². The van der Waals surface area contributed by atoms with Gasteiger partial charge in [-0.05, 0) is 56.7 Å². The van der Waals surface area contributed by atoms with Crippen LogP contribution in [0.15, 0.2) is 0 Å². The first-order chi connectivity index (χ1) is 11.4. The van der Waals surface area contributed by atoms with Gasteiger partial charge in [-0.25, -0.2) is 4.79 Å². The number of rotatable bonds is 6. The zero-order valence-electron chi connectivity index (χ0n) is 18.0. The summed E-state index contributed by atoms with van der Waals surface area (Å²) in [6, 6.07) is 0.145. The highest BCUT2D eigenvalue weighted by Gasteiger charge is 2.46. The standard InChI is InChI=1S/C20H41NO3Si/c1-15(2)25(16(3)4,17(5)6)23-14-18-12-10-11-13-21(18)19(22)24-20(7,8)9/h15-18H,10-14H2,1-9H3. The van der Waals surface area contributed by atoms with Gasteiger partial charge in [-0.3, -0.25) is 0 Å². The number of hydrogen-bond donors (Lipinski definition) is 0. The van der Waals surface area contributed by atoms with Crippen LogP contribution in [0, 0.1) is 0 Å². The molecule has 1 fully saturated rings. The molecule has 1 atom stereocenters. The third-order valence-electron chi connectivity index (χ3n) is 5.49. The maximum absolute atomic E-state index is 12.6. The lowest BCUT2D eigenvalue weighted by molar-refractivity contribution is 0.00250. The van der Waals surface area contributed by atoms with E-state index in [9.17, 15) is 4.79 Å². The number of hydrogen-bond acceptors (Lipinski definition) is 3. The van der Waals surface area contributed by atoms with Crippen molar-refractivity contribution in [3.63, 3.8) is 0 Å². The summed E-state index contributed by atoms with van der Waals surface area (Å²) in [5, 5.41) is 0. The van der Waals surface area contributed by atoms with Gasteiger partial charge < -0.3 is 14.1 Å². The Hall–Kier alpha value is -0.553. The minimum absolute atomic E-state index is 0.145. The molecular formula is C20H41NO3Si. The van der Waals surface area contributed by atoms with Crippen molar-refractivity contribution in [2.45, 2.75) is 110 Å². The smallest absolute Gasteiger partial charge is 0.410 e. The van der Waals surface area contributed by atoms with Crippen LogP contribution < -0.4 is 0 Å². The Morgan fingerprint density at radius 1 is 1.04 bits per heavy atom. The fraction of sp³-hybridized carbons (Fsp3) is 0.950. The molecule has 5 heteroatoms. The molecule has 1 aliphatic rings. The van der Waals surface area contributed by atoms with Crippen molar-refractivity contribution in [1.82, 2.24) is 4.90 Å². The molecule has 0 aromatic rings. The second kappa shape index (κ2) is 8.89. The lowest BCUT2D eigenvalue weighted by Crippen LogP contribution is -2.53. The summed E-state index contributed by atoms with van der Waals surface area (Å²) in [4.78, 5) is 14.5. The molecule has 0 aromatic carbocycles. The number of carbonyl (C=O) groups excluding carboxylic acids is 1. The zero-order chi connectivity index (χ0) is 19.4. The van der Waals surface area contributed by atoms with Crippen LogP contribution in [0.5, 0.6) is 0 Å². The van der Waals surface area contributed by atoms with Crippen molar-refractivity contribution in [3.8, 4) is 0 Å². The molecule has 0 radical (unpaired) electrons. The van der Waals surface area contributed by atoms with Gasteiger partial charge in [0.25, 0.3) is 0 Å². The summed E-state index contributed by atoms with van der Waals surface area (Å²) in [6.07, 6.45) is 3.04. The Labute approximate surface area is 156 Å². The molecule has 148 valence electrons. The summed E-state index contributed by atoms with van der Waals surface area (Å²) >= 11 is 0. The highest BCUT2D eigenvalue weighted by Crippen LogP contribution is 2.42. The molecule has 4 nitrogen and oxygen atoms in total. The van der Waals surface area contributed by atoms with Crippen LogP contribution in [-0.4, -0.2) is 44.1 Å². The molecule has 1 heterocycles. The number of likely N-dealkylation sites (tertiary alicyclic amines) is 1. The van der Waals surface area contributed by atoms with E-state index in [-0.39, 0.29) is 12.1 Å². The zero-order valence-corrected chi connectivity index (χ0v) is 19.0. The van der Waals surface area contributed by atoms with Gasteiger partial charge >= 0.3 is 6.09 Å². The molecule has 0 aromatic heterocycles. The number of carbonyl (C=O) groups is 1. The largest absolute Gasteiger partial charge is 0.444 e. The van der Waals surface area contributed by atoms with E-state index in [1.165, 1.54) is 0 Å². The summed E-state index contributed by atoms with van der Waals surface area (Å²) in [5.74, 6) is 0. The summed E-state index contributed by atoms with van der Waals surface area (Å²) in [6.45, 7) is 21.0. The molecule has 1 rings (SSSR count). The third-order valence-corrected chi connectivity index (χ3v) is 11.6. The molecular weight excluding hydrogens is 330 g/mol. The van der Waals surface area contributed by atoms with Crippen molar-refractivity contribution in [3.05, 3.63) is 0 Å². The molecule has 1 amide bonds. The molecule has 0 bridgehead atoms. The second-order valence-electron chi connectivity index (χ2n) is 9.45. The Morgan fingerprint density at radius 3 is 2.00 bits per heavy atom. The van der Waals surface area contributed by atoms with Crippen LogP contribution >= 0.6 is 0 Å². The monoisotopic (exact) mass is 371 g/mol. The SMILES string of the molecule is CC(C)[Si](OCC1CCCCN1C(=O)OC(C)(C)C)(C(C)C)C(C)C. The first kappa shape index (κ1) is 22.5. The number of ether oxygens (including phenoxy) is 1. The Morgan fingerprint density at radius 2 is 1.56 bits per heavy atom. The van der Waals surface area contributed by atoms with Crippen molar-refractivity contribution < 1.29 is 14.0 Å². The fourth-order valence-electron chi connectivity index (χ4n) is 4.48. The van der Waals surface area contributed by atoms with Crippen molar-refractivity contribution >= 4 is 14.4 Å². The average molecular weight is 372 g/mol. The van der Waals surface area contributed by atoms with Crippen molar-refractivity contribution in [2.24, 2.45) is 0 Å². The van der Waals surface area contributed by atoms with E-state index in [4.69, 9.17) is 9.16 Å². The van der Waals surface area contributed by atoms with Gasteiger partial charge in [0.2, 0.25) is 0 Å². The molecule has 0 aliphatic carbocycles. The van der Waals surface area contributed by atoms with Crippen LogP contribution in [0.1, 0.15) is 81.6 Å². The van der Waals surface area contributed by atoms with E-state index in [0.717, 1.165) is 25.8 Å². The third kappa shape index (κ3) is 5.71. The quantitative estimate of drug-likeness (QED) is 0.540. The summed E-state index contributed by atoms with van der Waals surface area (Å²) in [5.41, 5.74) is 1.23. The first-order valence-corrected chi connectivity index (χ1v) is 12.2. The predicted octanol–water partition coefficient (Wildman–Crippen LogP) is 5.97. The van der Waals surface area contributed by atoms with Gasteiger partial charge in [-0.15, -0.1) is 0 Å². The van der Waals surface area contributed by atoms with E-state index in [1.807, 2.05) is 25.7 Å². The topological polar surface area (TPSA) is 38.8 Å². The van der Waals surface area contributed by atoms with E-state index in [2.05, 4.69) is 41.5 Å². The minimum Gasteiger partial charge on any atom is -0.444 e. The van der Waals surface area contributed by atoms with Gasteiger partial charge in [-0.2, -0.15) is 0 Å². The van der Waals surface area contributed by atoms with E-state index < -0.39 is 13.9 Å². The second-order valence-corrected chi connectivity index (χ2v) is 14.9. The van der Waals surface area contributed by atoms with Gasteiger partial charge in [0.1, 0.15) is 5.60 Å². The van der Waals surface area contributed by atoms with Crippen LogP contribution in [0.3, 0.4) is 0 Å². The van der Waals surface area contributed by atoms with Crippen LogP contribution in [0.2, 0.25) is 16.6 Å². The van der Waals surface area contributed by atoms with E-state index in [0.29, 0.717) is 23.2 Å². The molecule has 1 unspecified atom stereocenters. The average Bonchev–Trinajstić information content (AvgIpc) is 2.45. The molecule has 1 aliphatic heterocycles. The molecule has 25 heavy (non-hydrogen) atoms. The Kier molecular flexibility index (Phi) is 8.00. The number of nitrogens with zero attached hydrogens (tertiary/aromatic N) is 1. The summed E-state index contributed by atoms with van der Waals surface area (Å²) < 4.78 is 12.4. The van der Waals surface area contributed by atoms with Crippen molar-refractivity contribution in [2.75, 3.05) is 13.2 Å². The first-order valence-electron chi connectivity index (χ1n) is 10.0. The number of amides is 1. The van der Waals surface area contributed by atoms with Gasteiger partial charge in [0, 0.05) is 6.54 Å². The van der Waals surface area contributed by atoms with Crippen molar-refractivity contribution in [1.29, 1.82) is 0 Å². The maximum atomic E-state index is 12.6. The van der Waals surface area contributed by atoms with Crippen LogP contribution in [-0.2, 0) is 9.16 Å². The molecule has 0 saturated carbocycles. The summed E-state index contributed by atoms with van der Waals surface area (Å²) in [7, 11) is -1.90. The van der Waals surface area contributed by atoms with E-state index >= 15 is 0 Å². The lowest BCUT2D eigenvalue weighted by atomic mass is 10.0. The lowest BCUT2D eigenvalue weighted by Gasteiger charge is -2.44. The maximum Gasteiger partial charge on any atom is 0.410 e. The van der Waals surface area contributed by atoms with Gasteiger partial charge in [-0.1, -0.05) is 41.5 Å². The van der Waals surface area contributed by atoms with Crippen LogP contribution in [0.25, 0.3) is 0 Å². The number of piperidine rings is 1. The fourth-order valence-corrected chi connectivity index (χ4v) is 9.96.